The van der Waals surface area contributed by atoms with Crippen LogP contribution in [0.25, 0.3) is 55.4 Å². The van der Waals surface area contributed by atoms with E-state index in [0.29, 0.717) is 0 Å². The second-order valence-corrected chi connectivity index (χ2v) is 11.0. The zero-order valence-corrected chi connectivity index (χ0v) is 21.5. The van der Waals surface area contributed by atoms with Crippen molar-refractivity contribution in [1.82, 2.24) is 4.98 Å². The standard InChI is InChI=1S/C34H28N2O/c1-20-24-19-31-33(23-9-5-6-11-30(23)37-31)32(20)26-17-21(27-10-7-8-16-35-27)12-14-29(26)36-28-15-13-22(18-25(24)28)34(2,3)4/h5-19,36H,1-4H3. The molecule has 0 saturated carbocycles. The molecule has 4 aromatic carbocycles. The van der Waals surface area contributed by atoms with Gasteiger partial charge in [-0.25, -0.2) is 0 Å². The largest absolute Gasteiger partial charge is 0.456 e. The third-order valence-electron chi connectivity index (χ3n) is 7.62. The fraction of sp³-hybridized carbons (Fsp3) is 0.147. The van der Waals surface area contributed by atoms with Crippen LogP contribution in [-0.4, -0.2) is 4.98 Å². The molecular formula is C34H28N2O. The fourth-order valence-electron chi connectivity index (χ4n) is 5.64. The van der Waals surface area contributed by atoms with Crippen molar-refractivity contribution in [3.63, 3.8) is 0 Å². The molecule has 180 valence electrons. The Labute approximate surface area is 216 Å². The van der Waals surface area contributed by atoms with Gasteiger partial charge in [-0.3, -0.25) is 4.98 Å². The van der Waals surface area contributed by atoms with Crippen LogP contribution >= 0.6 is 0 Å². The summed E-state index contributed by atoms with van der Waals surface area (Å²) in [6.45, 7) is 9.04. The molecule has 3 nitrogen and oxygen atoms in total. The van der Waals surface area contributed by atoms with Gasteiger partial charge in [-0.15, -0.1) is 0 Å². The summed E-state index contributed by atoms with van der Waals surface area (Å²) >= 11 is 0. The minimum Gasteiger partial charge on any atom is -0.456 e. The Morgan fingerprint density at radius 1 is 0.730 bits per heavy atom. The van der Waals surface area contributed by atoms with Crippen LogP contribution in [0.5, 0.6) is 0 Å². The Balaban J connectivity index is 1.62. The molecule has 3 heteroatoms. The summed E-state index contributed by atoms with van der Waals surface area (Å²) in [5.74, 6) is 0. The van der Waals surface area contributed by atoms with Crippen LogP contribution in [0.3, 0.4) is 0 Å². The van der Waals surface area contributed by atoms with Crippen LogP contribution in [0, 0.1) is 6.92 Å². The smallest absolute Gasteiger partial charge is 0.136 e. The molecular weight excluding hydrogens is 452 g/mol. The van der Waals surface area contributed by atoms with Crippen molar-refractivity contribution in [1.29, 1.82) is 0 Å². The molecule has 2 aromatic heterocycles. The van der Waals surface area contributed by atoms with Crippen LogP contribution < -0.4 is 5.32 Å². The van der Waals surface area contributed by atoms with E-state index in [0.717, 1.165) is 50.1 Å². The maximum atomic E-state index is 6.47. The number of nitrogens with one attached hydrogen (secondary N) is 1. The van der Waals surface area contributed by atoms with Crippen molar-refractivity contribution in [2.24, 2.45) is 0 Å². The second-order valence-electron chi connectivity index (χ2n) is 11.0. The highest BCUT2D eigenvalue weighted by atomic mass is 16.3. The molecule has 0 saturated heterocycles. The van der Waals surface area contributed by atoms with Crippen molar-refractivity contribution < 1.29 is 4.42 Å². The lowest BCUT2D eigenvalue weighted by Gasteiger charge is -2.26. The normalized spacial score (nSPS) is 12.5. The number of fused-ring (bicyclic) bond motifs is 10. The molecule has 1 aliphatic rings. The molecule has 2 bridgehead atoms. The molecule has 0 unspecified atom stereocenters. The van der Waals surface area contributed by atoms with Crippen molar-refractivity contribution in [2.45, 2.75) is 33.1 Å². The zero-order chi connectivity index (χ0) is 25.3. The van der Waals surface area contributed by atoms with Crippen LogP contribution in [-0.2, 0) is 5.41 Å². The summed E-state index contributed by atoms with van der Waals surface area (Å²) in [4.78, 5) is 4.63. The van der Waals surface area contributed by atoms with Crippen molar-refractivity contribution in [3.8, 4) is 33.5 Å². The molecule has 0 radical (unpaired) electrons. The highest BCUT2D eigenvalue weighted by molar-refractivity contribution is 6.17. The molecule has 6 aromatic rings. The Kier molecular flexibility index (Phi) is 4.62. The number of para-hydroxylation sites is 1. The van der Waals surface area contributed by atoms with E-state index < -0.39 is 0 Å². The zero-order valence-electron chi connectivity index (χ0n) is 21.5. The maximum Gasteiger partial charge on any atom is 0.136 e. The third kappa shape index (κ3) is 3.38. The van der Waals surface area contributed by atoms with Gasteiger partial charge in [-0.1, -0.05) is 57.2 Å². The van der Waals surface area contributed by atoms with E-state index >= 15 is 0 Å². The monoisotopic (exact) mass is 480 g/mol. The van der Waals surface area contributed by atoms with Crippen molar-refractivity contribution >= 4 is 33.3 Å². The van der Waals surface area contributed by atoms with E-state index in [-0.39, 0.29) is 5.41 Å². The molecule has 3 heterocycles. The number of hydrogen-bond donors (Lipinski definition) is 1. The average Bonchev–Trinajstić information content (AvgIpc) is 3.27. The Morgan fingerprint density at radius 3 is 2.32 bits per heavy atom. The van der Waals surface area contributed by atoms with E-state index in [2.05, 4.69) is 105 Å². The number of pyridine rings is 1. The van der Waals surface area contributed by atoms with Gasteiger partial charge >= 0.3 is 0 Å². The first-order valence-electron chi connectivity index (χ1n) is 12.8. The number of aromatic nitrogens is 1. The van der Waals surface area contributed by atoms with Crippen LogP contribution in [0.1, 0.15) is 31.9 Å². The Hall–Kier alpha value is -4.37. The van der Waals surface area contributed by atoms with Gasteiger partial charge in [0.15, 0.2) is 0 Å². The minimum atomic E-state index is 0.0487. The summed E-state index contributed by atoms with van der Waals surface area (Å²) in [5, 5.41) is 6.09. The molecule has 0 spiro atoms. The quantitative estimate of drug-likeness (QED) is 0.254. The molecule has 0 aliphatic carbocycles. The average molecular weight is 481 g/mol. The van der Waals surface area contributed by atoms with E-state index in [4.69, 9.17) is 4.42 Å². The Bertz CT molecular complexity index is 1840. The summed E-state index contributed by atoms with van der Waals surface area (Å²) in [6, 6.07) is 30.1. The van der Waals surface area contributed by atoms with Crippen molar-refractivity contribution in [2.75, 3.05) is 5.32 Å². The van der Waals surface area contributed by atoms with E-state index in [1.807, 2.05) is 24.4 Å². The summed E-state index contributed by atoms with van der Waals surface area (Å²) in [5.41, 5.74) is 13.4. The number of anilines is 2. The Morgan fingerprint density at radius 2 is 1.51 bits per heavy atom. The highest BCUT2D eigenvalue weighted by Gasteiger charge is 2.26. The number of furan rings is 1. The minimum absolute atomic E-state index is 0.0487. The van der Waals surface area contributed by atoms with Gasteiger partial charge in [0.05, 0.1) is 5.69 Å². The van der Waals surface area contributed by atoms with Gasteiger partial charge in [0.25, 0.3) is 0 Å². The van der Waals surface area contributed by atoms with Gasteiger partial charge < -0.3 is 9.73 Å². The van der Waals surface area contributed by atoms with Gasteiger partial charge in [0.2, 0.25) is 0 Å². The molecule has 0 atom stereocenters. The maximum absolute atomic E-state index is 6.47. The summed E-state index contributed by atoms with van der Waals surface area (Å²) < 4.78 is 6.47. The van der Waals surface area contributed by atoms with Gasteiger partial charge in [0, 0.05) is 45.0 Å². The van der Waals surface area contributed by atoms with Gasteiger partial charge in [-0.2, -0.15) is 0 Å². The molecule has 1 aliphatic heterocycles. The summed E-state index contributed by atoms with van der Waals surface area (Å²) in [7, 11) is 0. The lowest BCUT2D eigenvalue weighted by Crippen LogP contribution is -2.12. The van der Waals surface area contributed by atoms with E-state index in [1.165, 1.54) is 27.8 Å². The first-order chi connectivity index (χ1) is 17.9. The van der Waals surface area contributed by atoms with E-state index in [1.54, 1.807) is 0 Å². The van der Waals surface area contributed by atoms with E-state index in [9.17, 15) is 0 Å². The molecule has 7 rings (SSSR count). The first kappa shape index (κ1) is 21.9. The van der Waals surface area contributed by atoms with Crippen molar-refractivity contribution in [3.05, 3.63) is 102 Å². The molecule has 37 heavy (non-hydrogen) atoms. The summed E-state index contributed by atoms with van der Waals surface area (Å²) in [6.07, 6.45) is 1.85. The van der Waals surface area contributed by atoms with Crippen LogP contribution in [0.2, 0.25) is 0 Å². The number of rotatable bonds is 1. The SMILES string of the molecule is Cc1c2cc3oc4ccccc4c3c1-c1cc(-c3ccccn3)ccc1Nc1ccc(C(C)(C)C)cc1-2. The topological polar surface area (TPSA) is 38.1 Å². The highest BCUT2D eigenvalue weighted by Crippen LogP contribution is 2.50. The van der Waals surface area contributed by atoms with Gasteiger partial charge in [0.1, 0.15) is 11.2 Å². The number of hydrogen-bond acceptors (Lipinski definition) is 3. The second kappa shape index (κ2) is 7.81. The third-order valence-corrected chi connectivity index (χ3v) is 7.62. The fourth-order valence-corrected chi connectivity index (χ4v) is 5.64. The predicted molar refractivity (Wildman–Crippen MR) is 155 cm³/mol. The van der Waals surface area contributed by atoms with Crippen LogP contribution in [0.15, 0.2) is 95.5 Å². The lowest BCUT2D eigenvalue weighted by atomic mass is 9.82. The number of nitrogens with zero attached hydrogens (tertiary/aromatic N) is 1. The molecule has 1 N–H and O–H groups in total. The van der Waals surface area contributed by atoms with Crippen LogP contribution in [0.4, 0.5) is 11.4 Å². The first-order valence-corrected chi connectivity index (χ1v) is 12.8. The molecule has 0 fully saturated rings. The number of benzene rings is 4. The predicted octanol–water partition coefficient (Wildman–Crippen LogP) is 9.64. The lowest BCUT2D eigenvalue weighted by molar-refractivity contribution is 0.590. The van der Waals surface area contributed by atoms with Gasteiger partial charge in [-0.05, 0) is 83.1 Å². The molecule has 0 amide bonds.